The Balaban J connectivity index is 0.776. The number of methoxy groups -OCH3 is 1. The number of aliphatic hydroxyl groups is 17. The highest BCUT2D eigenvalue weighted by Gasteiger charge is 2.69. The van der Waals surface area contributed by atoms with Crippen LogP contribution in [0.5, 0.6) is 0 Å². The van der Waals surface area contributed by atoms with Crippen molar-refractivity contribution < 1.29 is 144 Å². The Morgan fingerprint density at radius 1 is 0.523 bits per heavy atom. The van der Waals surface area contributed by atoms with Crippen LogP contribution >= 0.6 is 0 Å². The average Bonchev–Trinajstić information content (AvgIpc) is 1.60. The molecule has 0 bridgehead atoms. The van der Waals surface area contributed by atoms with Crippen molar-refractivity contribution in [1.82, 2.24) is 0 Å². The maximum atomic E-state index is 12.1. The maximum absolute atomic E-state index is 12.1. The molecule has 498 valence electrons. The first-order valence-electron chi connectivity index (χ1n) is 30.8. The van der Waals surface area contributed by atoms with Gasteiger partial charge in [0.05, 0.1) is 58.0 Å². The van der Waals surface area contributed by atoms with Gasteiger partial charge in [0.1, 0.15) is 116 Å². The van der Waals surface area contributed by atoms with Crippen molar-refractivity contribution in [2.75, 3.05) is 46.8 Å². The van der Waals surface area contributed by atoms with Gasteiger partial charge in [-0.2, -0.15) is 0 Å². The third kappa shape index (κ3) is 12.2. The first kappa shape index (κ1) is 67.7. The summed E-state index contributed by atoms with van der Waals surface area (Å²) in [7, 11) is 1.69. The molecule has 0 amide bonds. The van der Waals surface area contributed by atoms with E-state index in [0.717, 1.165) is 32.1 Å². The zero-order valence-electron chi connectivity index (χ0n) is 49.2. The van der Waals surface area contributed by atoms with Gasteiger partial charge in [-0.1, -0.05) is 27.7 Å². The molecule has 29 nitrogen and oxygen atoms in total. The van der Waals surface area contributed by atoms with E-state index in [-0.39, 0.29) is 53.1 Å². The van der Waals surface area contributed by atoms with Gasteiger partial charge in [-0.25, -0.2) is 0 Å². The molecule has 0 aromatic heterocycles. The van der Waals surface area contributed by atoms with Gasteiger partial charge in [0.25, 0.3) is 0 Å². The van der Waals surface area contributed by atoms with Crippen molar-refractivity contribution in [3.8, 4) is 0 Å². The Morgan fingerprint density at radius 2 is 1.08 bits per heavy atom. The van der Waals surface area contributed by atoms with E-state index in [4.69, 9.17) is 56.8 Å². The van der Waals surface area contributed by atoms with Crippen molar-refractivity contribution in [2.45, 2.75) is 257 Å². The molecule has 0 aromatic rings. The van der Waals surface area contributed by atoms with Crippen LogP contribution in [0.3, 0.4) is 0 Å². The summed E-state index contributed by atoms with van der Waals surface area (Å²) in [5.74, 6) is 0.500. The summed E-state index contributed by atoms with van der Waals surface area (Å²) in [4.78, 5) is 0. The number of ether oxygens (including phenoxy) is 12. The normalized spacial score (nSPS) is 55.3. The molecule has 4 saturated carbocycles. The molecule has 0 radical (unpaired) electrons. The third-order valence-electron chi connectivity index (χ3n) is 22.2. The Kier molecular flexibility index (Phi) is 21.3. The van der Waals surface area contributed by atoms with Crippen LogP contribution in [0.25, 0.3) is 0 Å². The van der Waals surface area contributed by atoms with Gasteiger partial charge in [0.15, 0.2) is 37.2 Å². The predicted octanol–water partition coefficient (Wildman–Crippen LogP) is -5.87. The Hall–Kier alpha value is -1.16. The monoisotopic (exact) mass is 1240 g/mol. The highest BCUT2D eigenvalue weighted by molar-refractivity contribution is 5.16. The van der Waals surface area contributed by atoms with E-state index in [2.05, 4.69) is 20.8 Å². The second kappa shape index (κ2) is 27.1. The second-order valence-electron chi connectivity index (χ2n) is 27.0. The molecular formula is C57H96O29. The van der Waals surface area contributed by atoms with Crippen LogP contribution in [0.4, 0.5) is 0 Å². The van der Waals surface area contributed by atoms with Crippen LogP contribution in [0.2, 0.25) is 0 Å². The molecule has 10 aliphatic rings. The maximum Gasteiger partial charge on any atom is 0.187 e. The van der Waals surface area contributed by atoms with Crippen LogP contribution in [0.15, 0.2) is 0 Å². The fraction of sp³-hybridized carbons (Fsp3) is 1.00. The first-order valence-corrected chi connectivity index (χ1v) is 30.8. The fourth-order valence-corrected chi connectivity index (χ4v) is 17.2. The van der Waals surface area contributed by atoms with Crippen molar-refractivity contribution >= 4 is 0 Å². The standard InChI is InChI=1S/C57H96O29/c1-21(19-76-50-44(72)40(68)37(65)31(15-58)79-50)8-11-57(75-5)22(2)35-30(86-57)13-26-24-7-6-23-12-29(27(62)14-56(23,4)25(24)9-10-55(26,35)3)78-52-46(74)42(70)47(34(18-61)82-52)83-54-49(85-53-45(73)41(69)38(66)32(16-59)80-53)48(39(67)33(17-60)81-54)84-51-43(71)36(64)28(63)20-77-51/h21-54,58-74H,6-20H2,1-5H3/t21-,22+,23+,24-,25+,26+,27-,28-,29-,30+,31-,32-,33-,34-,35+,36+,37-,38+,39-,40+,41+,42-,43-,44-,45-,46-,47+,48+,49-,50-,51+,52-,53+,54+,55+,56+,57-/m1/s1. The van der Waals surface area contributed by atoms with Gasteiger partial charge < -0.3 is 144 Å². The zero-order chi connectivity index (χ0) is 62.2. The quantitative estimate of drug-likeness (QED) is 0.0536. The van der Waals surface area contributed by atoms with Gasteiger partial charge in [-0.15, -0.1) is 0 Å². The lowest BCUT2D eigenvalue weighted by Crippen LogP contribution is -2.68. The molecule has 6 heterocycles. The Bertz CT molecular complexity index is 2190. The van der Waals surface area contributed by atoms with Gasteiger partial charge in [0.2, 0.25) is 0 Å². The number of hydrogen-bond acceptors (Lipinski definition) is 29. The summed E-state index contributed by atoms with van der Waals surface area (Å²) >= 11 is 0. The number of rotatable bonds is 19. The molecule has 6 aliphatic heterocycles. The number of hydrogen-bond donors (Lipinski definition) is 17. The molecule has 6 saturated heterocycles. The molecule has 37 atom stereocenters. The number of fused-ring (bicyclic) bond motifs is 7. The van der Waals surface area contributed by atoms with E-state index in [1.54, 1.807) is 7.11 Å². The summed E-state index contributed by atoms with van der Waals surface area (Å²) in [5, 5.41) is 182. The minimum Gasteiger partial charge on any atom is -0.394 e. The van der Waals surface area contributed by atoms with Gasteiger partial charge in [0, 0.05) is 19.4 Å². The molecule has 0 aromatic carbocycles. The summed E-state index contributed by atoms with van der Waals surface area (Å²) in [6.07, 6.45) is -36.5. The van der Waals surface area contributed by atoms with E-state index in [1.807, 2.05) is 6.92 Å². The number of aliphatic hydroxyl groups excluding tert-OH is 17. The third-order valence-corrected chi connectivity index (χ3v) is 22.2. The molecule has 10 fully saturated rings. The highest BCUT2D eigenvalue weighted by Crippen LogP contribution is 2.71. The Morgan fingerprint density at radius 3 is 1.73 bits per heavy atom. The van der Waals surface area contributed by atoms with E-state index in [9.17, 15) is 86.8 Å². The largest absolute Gasteiger partial charge is 0.394 e. The van der Waals surface area contributed by atoms with E-state index < -0.39 is 198 Å². The van der Waals surface area contributed by atoms with Gasteiger partial charge in [-0.3, -0.25) is 0 Å². The van der Waals surface area contributed by atoms with Crippen LogP contribution in [-0.4, -0.2) is 305 Å². The molecule has 86 heavy (non-hydrogen) atoms. The topological polar surface area (TPSA) is 455 Å². The predicted molar refractivity (Wildman–Crippen MR) is 284 cm³/mol. The van der Waals surface area contributed by atoms with Crippen molar-refractivity contribution in [3.05, 3.63) is 0 Å². The SMILES string of the molecule is CO[C@]1(CC[C@@H](C)CO[C@@H]2O[C@H](CO)[C@@H](O)[C@H](O)[C@H]2O)O[C@H]2C[C@H]3[C@@H]4CC[C@H]5C[C@@H](O[C@@H]6O[C@H](CO)[C@H](O[C@@H]7O[C@H](CO)[C@@H](O)[C@H](O[C@@H]8OC[C@@H](O)[C@H](O)[C@H]8O)[C@H]7O[C@@H]7O[C@H](CO)[C@H](O)[C@H](O)[C@H]7O)[C@H](O)[C@H]6O)[C@H](O)C[C@]5(C)[C@H]4CC[C@]3(C)[C@H]2[C@@H]1C. The molecular weight excluding hydrogens is 1150 g/mol. The van der Waals surface area contributed by atoms with Crippen LogP contribution in [0, 0.1) is 52.3 Å². The minimum absolute atomic E-state index is 0.0314. The van der Waals surface area contributed by atoms with Gasteiger partial charge in [-0.05, 0) is 97.7 Å². The van der Waals surface area contributed by atoms with Crippen LogP contribution in [-0.2, 0) is 56.8 Å². The first-order chi connectivity index (χ1) is 40.8. The lowest BCUT2D eigenvalue weighted by molar-refractivity contribution is -0.404. The molecule has 17 N–H and O–H groups in total. The lowest BCUT2D eigenvalue weighted by atomic mass is 9.44. The minimum atomic E-state index is -2.04. The van der Waals surface area contributed by atoms with Gasteiger partial charge >= 0.3 is 0 Å². The highest BCUT2D eigenvalue weighted by atomic mass is 16.8. The molecule has 0 unspecified atom stereocenters. The summed E-state index contributed by atoms with van der Waals surface area (Å²) < 4.78 is 72.4. The summed E-state index contributed by atoms with van der Waals surface area (Å²) in [6, 6.07) is 0. The Labute approximate surface area is 498 Å². The van der Waals surface area contributed by atoms with Crippen LogP contribution < -0.4 is 0 Å². The van der Waals surface area contributed by atoms with E-state index >= 15 is 0 Å². The molecule has 29 heteroatoms. The molecule has 4 aliphatic carbocycles. The molecule has 10 rings (SSSR count). The lowest BCUT2D eigenvalue weighted by Gasteiger charge is -2.62. The molecule has 0 spiro atoms. The van der Waals surface area contributed by atoms with E-state index in [1.165, 1.54) is 0 Å². The summed E-state index contributed by atoms with van der Waals surface area (Å²) in [5.41, 5.74) is -0.332. The fourth-order valence-electron chi connectivity index (χ4n) is 17.2. The average molecular weight is 1250 g/mol. The zero-order valence-corrected chi connectivity index (χ0v) is 49.2. The van der Waals surface area contributed by atoms with Crippen molar-refractivity contribution in [1.29, 1.82) is 0 Å². The van der Waals surface area contributed by atoms with Crippen LogP contribution in [0.1, 0.15) is 85.5 Å². The van der Waals surface area contributed by atoms with Crippen molar-refractivity contribution in [3.63, 3.8) is 0 Å². The summed E-state index contributed by atoms with van der Waals surface area (Å²) in [6.45, 7) is 5.32. The second-order valence-corrected chi connectivity index (χ2v) is 27.0. The smallest absolute Gasteiger partial charge is 0.187 e. The van der Waals surface area contributed by atoms with Crippen molar-refractivity contribution in [2.24, 2.45) is 52.3 Å². The van der Waals surface area contributed by atoms with E-state index in [0.29, 0.717) is 37.5 Å².